The zero-order valence-electron chi connectivity index (χ0n) is 9.89. The molecule has 1 saturated carbocycles. The molecule has 2 aliphatic rings. The Kier molecular flexibility index (Phi) is 2.89. The van der Waals surface area contributed by atoms with E-state index in [9.17, 15) is 4.79 Å². The number of hydrogen-bond donors (Lipinski definition) is 1. The van der Waals surface area contributed by atoms with E-state index in [1.165, 1.54) is 0 Å². The highest BCUT2D eigenvalue weighted by Gasteiger charge is 2.36. The van der Waals surface area contributed by atoms with Crippen LogP contribution < -0.4 is 5.32 Å². The maximum absolute atomic E-state index is 12.4. The summed E-state index contributed by atoms with van der Waals surface area (Å²) >= 11 is 0. The van der Waals surface area contributed by atoms with Gasteiger partial charge in [0.25, 0.3) is 0 Å². The number of furan rings is 1. The molecule has 1 aliphatic heterocycles. The van der Waals surface area contributed by atoms with E-state index < -0.39 is 0 Å². The van der Waals surface area contributed by atoms with E-state index in [2.05, 4.69) is 5.32 Å². The Morgan fingerprint density at radius 2 is 2.35 bits per heavy atom. The molecule has 2 fully saturated rings. The molecule has 1 amide bonds. The van der Waals surface area contributed by atoms with Crippen molar-refractivity contribution in [3.8, 4) is 0 Å². The molecule has 1 saturated heterocycles. The molecule has 2 heterocycles. The normalized spacial score (nSPS) is 23.9. The third kappa shape index (κ3) is 2.36. The molecule has 1 aromatic rings. The van der Waals surface area contributed by atoms with Gasteiger partial charge in [0.2, 0.25) is 5.91 Å². The molecular weight excluding hydrogens is 216 g/mol. The van der Waals surface area contributed by atoms with Crippen molar-refractivity contribution in [3.05, 3.63) is 24.2 Å². The lowest BCUT2D eigenvalue weighted by atomic mass is 10.1. The topological polar surface area (TPSA) is 45.5 Å². The minimum absolute atomic E-state index is 0.172. The Balaban J connectivity index is 1.68. The smallest absolute Gasteiger partial charge is 0.227 e. The SMILES string of the molecule is O=C(C1CCNC1)N(Cc1ccco1)C1CC1. The summed E-state index contributed by atoms with van der Waals surface area (Å²) in [4.78, 5) is 14.4. The van der Waals surface area contributed by atoms with Crippen molar-refractivity contribution < 1.29 is 9.21 Å². The molecule has 0 spiro atoms. The summed E-state index contributed by atoms with van der Waals surface area (Å²) < 4.78 is 5.35. The van der Waals surface area contributed by atoms with Crippen LogP contribution in [0.3, 0.4) is 0 Å². The number of carbonyl (C=O) groups excluding carboxylic acids is 1. The number of carbonyl (C=O) groups is 1. The minimum atomic E-state index is 0.172. The highest BCUT2D eigenvalue weighted by molar-refractivity contribution is 5.80. The van der Waals surface area contributed by atoms with E-state index in [4.69, 9.17) is 4.42 Å². The van der Waals surface area contributed by atoms with Crippen LogP contribution in [0.2, 0.25) is 0 Å². The fourth-order valence-corrected chi connectivity index (χ4v) is 2.44. The molecule has 1 N–H and O–H groups in total. The Hall–Kier alpha value is -1.29. The summed E-state index contributed by atoms with van der Waals surface area (Å²) in [5.41, 5.74) is 0. The first-order chi connectivity index (χ1) is 8.34. The summed E-state index contributed by atoms with van der Waals surface area (Å²) in [6.45, 7) is 2.43. The lowest BCUT2D eigenvalue weighted by molar-refractivity contribution is -0.136. The van der Waals surface area contributed by atoms with Crippen LogP contribution in [0.4, 0.5) is 0 Å². The Bertz CT molecular complexity index is 378. The van der Waals surface area contributed by atoms with E-state index in [1.54, 1.807) is 6.26 Å². The summed E-state index contributed by atoms with van der Waals surface area (Å²) in [5, 5.41) is 3.26. The van der Waals surface area contributed by atoms with Gasteiger partial charge < -0.3 is 14.6 Å². The van der Waals surface area contributed by atoms with Crippen molar-refractivity contribution >= 4 is 5.91 Å². The van der Waals surface area contributed by atoms with Gasteiger partial charge in [-0.2, -0.15) is 0 Å². The van der Waals surface area contributed by atoms with Crippen LogP contribution in [0.25, 0.3) is 0 Å². The van der Waals surface area contributed by atoms with Crippen molar-refractivity contribution in [3.63, 3.8) is 0 Å². The molecule has 0 aromatic carbocycles. The molecule has 92 valence electrons. The third-order valence-corrected chi connectivity index (χ3v) is 3.59. The molecule has 1 unspecified atom stereocenters. The quantitative estimate of drug-likeness (QED) is 0.856. The second-order valence-electron chi connectivity index (χ2n) is 4.97. The third-order valence-electron chi connectivity index (χ3n) is 3.59. The van der Waals surface area contributed by atoms with Gasteiger partial charge >= 0.3 is 0 Å². The van der Waals surface area contributed by atoms with Gasteiger partial charge in [-0.15, -0.1) is 0 Å². The molecule has 17 heavy (non-hydrogen) atoms. The summed E-state index contributed by atoms with van der Waals surface area (Å²) in [6.07, 6.45) is 4.93. The van der Waals surface area contributed by atoms with E-state index in [-0.39, 0.29) is 5.92 Å². The number of amides is 1. The van der Waals surface area contributed by atoms with Crippen molar-refractivity contribution in [1.82, 2.24) is 10.2 Å². The van der Waals surface area contributed by atoms with Crippen molar-refractivity contribution in [2.75, 3.05) is 13.1 Å². The van der Waals surface area contributed by atoms with Gasteiger partial charge in [0.15, 0.2) is 0 Å². The van der Waals surface area contributed by atoms with Crippen LogP contribution in [0.1, 0.15) is 25.0 Å². The second-order valence-corrected chi connectivity index (χ2v) is 4.97. The number of rotatable bonds is 4. The summed E-state index contributed by atoms with van der Waals surface area (Å²) in [7, 11) is 0. The van der Waals surface area contributed by atoms with E-state index in [0.29, 0.717) is 18.5 Å². The predicted molar refractivity (Wildman–Crippen MR) is 63.3 cm³/mol. The molecule has 3 rings (SSSR count). The average molecular weight is 234 g/mol. The van der Waals surface area contributed by atoms with Gasteiger partial charge in [0.1, 0.15) is 5.76 Å². The Labute approximate surface area is 101 Å². The van der Waals surface area contributed by atoms with E-state index in [0.717, 1.165) is 38.1 Å². The zero-order valence-corrected chi connectivity index (χ0v) is 9.89. The predicted octanol–water partition coefficient (Wildman–Crippen LogP) is 1.38. The van der Waals surface area contributed by atoms with Gasteiger partial charge in [0, 0.05) is 12.6 Å². The first kappa shape index (κ1) is 10.8. The molecule has 1 atom stereocenters. The lowest BCUT2D eigenvalue weighted by Crippen LogP contribution is -2.38. The van der Waals surface area contributed by atoms with Crippen LogP contribution in [0, 0.1) is 5.92 Å². The minimum Gasteiger partial charge on any atom is -0.467 e. The maximum atomic E-state index is 12.4. The van der Waals surface area contributed by atoms with Crippen molar-refractivity contribution in [1.29, 1.82) is 0 Å². The highest BCUT2D eigenvalue weighted by atomic mass is 16.3. The number of hydrogen-bond acceptors (Lipinski definition) is 3. The second kappa shape index (κ2) is 4.53. The molecule has 1 aliphatic carbocycles. The van der Waals surface area contributed by atoms with Gasteiger partial charge in [-0.1, -0.05) is 0 Å². The molecule has 4 nitrogen and oxygen atoms in total. The van der Waals surface area contributed by atoms with Gasteiger partial charge in [-0.05, 0) is 37.9 Å². The van der Waals surface area contributed by atoms with E-state index >= 15 is 0 Å². The Morgan fingerprint density at radius 3 is 2.94 bits per heavy atom. The van der Waals surface area contributed by atoms with Gasteiger partial charge in [-0.3, -0.25) is 4.79 Å². The Morgan fingerprint density at radius 1 is 1.47 bits per heavy atom. The van der Waals surface area contributed by atoms with Crippen molar-refractivity contribution in [2.24, 2.45) is 5.92 Å². The molecule has 0 bridgehead atoms. The van der Waals surface area contributed by atoms with Crippen LogP contribution in [0.15, 0.2) is 22.8 Å². The van der Waals surface area contributed by atoms with Crippen LogP contribution in [0.5, 0.6) is 0 Å². The molecule has 1 aromatic heterocycles. The molecule has 4 heteroatoms. The fourth-order valence-electron chi connectivity index (χ4n) is 2.44. The maximum Gasteiger partial charge on any atom is 0.227 e. The molecular formula is C13H18N2O2. The van der Waals surface area contributed by atoms with Crippen LogP contribution in [-0.4, -0.2) is 29.9 Å². The largest absolute Gasteiger partial charge is 0.467 e. The first-order valence-electron chi connectivity index (χ1n) is 6.38. The lowest BCUT2D eigenvalue weighted by Gasteiger charge is -2.24. The highest BCUT2D eigenvalue weighted by Crippen LogP contribution is 2.30. The average Bonchev–Trinajstić information content (AvgIpc) is 2.86. The summed E-state index contributed by atoms with van der Waals surface area (Å²) in [6, 6.07) is 4.27. The number of nitrogens with one attached hydrogen (secondary N) is 1. The van der Waals surface area contributed by atoms with Crippen LogP contribution in [-0.2, 0) is 11.3 Å². The van der Waals surface area contributed by atoms with E-state index in [1.807, 2.05) is 17.0 Å². The number of nitrogens with zero attached hydrogens (tertiary/aromatic N) is 1. The van der Waals surface area contributed by atoms with Gasteiger partial charge in [-0.25, -0.2) is 0 Å². The van der Waals surface area contributed by atoms with Crippen molar-refractivity contribution in [2.45, 2.75) is 31.8 Å². The van der Waals surface area contributed by atoms with Gasteiger partial charge in [0.05, 0.1) is 18.7 Å². The summed E-state index contributed by atoms with van der Waals surface area (Å²) in [5.74, 6) is 1.36. The molecule has 0 radical (unpaired) electrons. The zero-order chi connectivity index (χ0) is 11.7. The fraction of sp³-hybridized carbons (Fsp3) is 0.615. The monoisotopic (exact) mass is 234 g/mol. The standard InChI is InChI=1S/C13H18N2O2/c16-13(10-5-6-14-8-10)15(11-3-4-11)9-12-2-1-7-17-12/h1-2,7,10-11,14H,3-6,8-9H2. The first-order valence-corrected chi connectivity index (χ1v) is 6.38. The van der Waals surface area contributed by atoms with Crippen LogP contribution >= 0.6 is 0 Å².